The topological polar surface area (TPSA) is 29.5 Å². The third-order valence-electron chi connectivity index (χ3n) is 7.06. The van der Waals surface area contributed by atoms with Crippen molar-refractivity contribution in [3.05, 3.63) is 23.3 Å². The molecular weight excluding hydrogens is 272 g/mol. The van der Waals surface area contributed by atoms with Gasteiger partial charge in [0, 0.05) is 0 Å². The molecule has 22 heavy (non-hydrogen) atoms. The number of fused-ring (bicyclic) bond motifs is 5. The first-order valence-corrected chi connectivity index (χ1v) is 9.02. The smallest absolute Gasteiger partial charge is 0.160 e. The van der Waals surface area contributed by atoms with Crippen LogP contribution in [0.25, 0.3) is 0 Å². The van der Waals surface area contributed by atoms with E-state index in [4.69, 9.17) is 4.74 Å². The van der Waals surface area contributed by atoms with Crippen LogP contribution in [-0.4, -0.2) is 12.2 Å². The van der Waals surface area contributed by atoms with Crippen molar-refractivity contribution in [1.82, 2.24) is 0 Å². The van der Waals surface area contributed by atoms with E-state index in [2.05, 4.69) is 13.0 Å². The minimum Gasteiger partial charge on any atom is -0.504 e. The monoisotopic (exact) mass is 300 g/mol. The van der Waals surface area contributed by atoms with Crippen molar-refractivity contribution in [2.75, 3.05) is 7.11 Å². The number of ether oxygens (including phenoxy) is 1. The van der Waals surface area contributed by atoms with Gasteiger partial charge in [0.2, 0.25) is 0 Å². The minimum atomic E-state index is 0.304. The lowest BCUT2D eigenvalue weighted by molar-refractivity contribution is -0.00428. The van der Waals surface area contributed by atoms with E-state index in [1.165, 1.54) is 56.1 Å². The molecule has 4 rings (SSSR count). The van der Waals surface area contributed by atoms with Gasteiger partial charge in [0.05, 0.1) is 7.11 Å². The van der Waals surface area contributed by atoms with Gasteiger partial charge in [-0.3, -0.25) is 0 Å². The highest BCUT2D eigenvalue weighted by Crippen LogP contribution is 2.60. The maximum atomic E-state index is 10.1. The van der Waals surface area contributed by atoms with E-state index < -0.39 is 0 Å². The van der Waals surface area contributed by atoms with Crippen molar-refractivity contribution < 1.29 is 9.84 Å². The van der Waals surface area contributed by atoms with Crippen LogP contribution in [0.3, 0.4) is 0 Å². The molecule has 0 radical (unpaired) electrons. The van der Waals surface area contributed by atoms with Gasteiger partial charge in [0.25, 0.3) is 0 Å². The number of phenolic OH excluding ortho intramolecular Hbond substituents is 1. The zero-order valence-corrected chi connectivity index (χ0v) is 13.9. The van der Waals surface area contributed by atoms with Crippen molar-refractivity contribution in [2.45, 2.75) is 64.2 Å². The van der Waals surface area contributed by atoms with Gasteiger partial charge in [-0.1, -0.05) is 19.8 Å². The molecule has 0 spiro atoms. The quantitative estimate of drug-likeness (QED) is 0.787. The van der Waals surface area contributed by atoms with Gasteiger partial charge in [-0.15, -0.1) is 0 Å². The molecule has 1 N–H and O–H groups in total. The zero-order chi connectivity index (χ0) is 15.3. The predicted octanol–water partition coefficient (Wildman–Crippen LogP) is 5.04. The Labute approximate surface area is 133 Å². The third kappa shape index (κ3) is 2.06. The lowest BCUT2D eigenvalue weighted by Crippen LogP contribution is -2.44. The molecule has 2 saturated carbocycles. The number of rotatable bonds is 1. The summed E-state index contributed by atoms with van der Waals surface area (Å²) in [5.41, 5.74) is 3.43. The zero-order valence-electron chi connectivity index (χ0n) is 13.9. The standard InChI is InChI=1S/C20H28O2/c1-20-9-4-3-5-17(20)15-7-6-13-11-18(21)19(22-2)12-16(13)14(15)8-10-20/h11-12,14-15,17,21H,3-10H2,1-2H3/t14-,15+,17-,20-/m0/s1. The van der Waals surface area contributed by atoms with Gasteiger partial charge >= 0.3 is 0 Å². The largest absolute Gasteiger partial charge is 0.504 e. The van der Waals surface area contributed by atoms with Crippen LogP contribution in [0, 0.1) is 17.3 Å². The SMILES string of the molecule is COc1cc2c(cc1O)CC[C@@H]1[C@@H]2CC[C@]2(C)CCCC[C@@H]12. The molecule has 120 valence electrons. The fourth-order valence-corrected chi connectivity index (χ4v) is 5.91. The molecular formula is C20H28O2. The van der Waals surface area contributed by atoms with E-state index in [9.17, 15) is 5.11 Å². The van der Waals surface area contributed by atoms with Crippen molar-refractivity contribution >= 4 is 0 Å². The number of aryl methyl sites for hydroxylation is 1. The first kappa shape index (κ1) is 14.4. The second-order valence-electron chi connectivity index (χ2n) is 8.08. The van der Waals surface area contributed by atoms with E-state index in [0.717, 1.165) is 18.3 Å². The summed E-state index contributed by atoms with van der Waals surface area (Å²) < 4.78 is 5.37. The fourth-order valence-electron chi connectivity index (χ4n) is 5.91. The highest BCUT2D eigenvalue weighted by atomic mass is 16.5. The summed E-state index contributed by atoms with van der Waals surface area (Å²) in [7, 11) is 1.65. The maximum Gasteiger partial charge on any atom is 0.160 e. The predicted molar refractivity (Wildman–Crippen MR) is 88.5 cm³/mol. The molecule has 0 saturated heterocycles. The molecule has 1 aromatic carbocycles. The van der Waals surface area contributed by atoms with Crippen LogP contribution < -0.4 is 4.74 Å². The average molecular weight is 300 g/mol. The third-order valence-corrected chi connectivity index (χ3v) is 7.06. The summed E-state index contributed by atoms with van der Waals surface area (Å²) in [5.74, 6) is 3.40. The van der Waals surface area contributed by atoms with E-state index in [1.807, 2.05) is 6.07 Å². The van der Waals surface area contributed by atoms with Crippen molar-refractivity contribution in [1.29, 1.82) is 0 Å². The number of benzene rings is 1. The summed E-state index contributed by atoms with van der Waals surface area (Å²) in [6.07, 6.45) is 10.9. The fraction of sp³-hybridized carbons (Fsp3) is 0.700. The molecule has 0 heterocycles. The Kier molecular flexibility index (Phi) is 3.39. The van der Waals surface area contributed by atoms with Crippen LogP contribution >= 0.6 is 0 Å². The molecule has 4 atom stereocenters. The Hall–Kier alpha value is -1.18. The van der Waals surface area contributed by atoms with Crippen LogP contribution in [0.2, 0.25) is 0 Å². The second-order valence-corrected chi connectivity index (χ2v) is 8.08. The van der Waals surface area contributed by atoms with Gasteiger partial charge in [0.15, 0.2) is 11.5 Å². The molecule has 0 aromatic heterocycles. The average Bonchev–Trinajstić information content (AvgIpc) is 2.53. The molecule has 0 aliphatic heterocycles. The molecule has 0 bridgehead atoms. The van der Waals surface area contributed by atoms with E-state index in [1.54, 1.807) is 7.11 Å². The maximum absolute atomic E-state index is 10.1. The Morgan fingerprint density at radius 3 is 2.82 bits per heavy atom. The van der Waals surface area contributed by atoms with Gasteiger partial charge in [-0.2, -0.15) is 0 Å². The first-order chi connectivity index (χ1) is 10.6. The number of hydrogen-bond donors (Lipinski definition) is 1. The van der Waals surface area contributed by atoms with E-state index >= 15 is 0 Å². The Morgan fingerprint density at radius 1 is 1.14 bits per heavy atom. The molecule has 2 fully saturated rings. The lowest BCUT2D eigenvalue weighted by Gasteiger charge is -2.54. The molecule has 0 unspecified atom stereocenters. The summed E-state index contributed by atoms with van der Waals surface area (Å²) >= 11 is 0. The number of hydrogen-bond acceptors (Lipinski definition) is 2. The van der Waals surface area contributed by atoms with Gasteiger partial charge < -0.3 is 9.84 Å². The second kappa shape index (κ2) is 5.18. The van der Waals surface area contributed by atoms with Crippen LogP contribution in [0.5, 0.6) is 11.5 Å². The van der Waals surface area contributed by atoms with Crippen LogP contribution in [0.1, 0.15) is 68.9 Å². The molecule has 0 amide bonds. The van der Waals surface area contributed by atoms with Crippen LogP contribution in [0.4, 0.5) is 0 Å². The first-order valence-electron chi connectivity index (χ1n) is 9.02. The van der Waals surface area contributed by atoms with E-state index in [-0.39, 0.29) is 0 Å². The number of aromatic hydroxyl groups is 1. The summed E-state index contributed by atoms with van der Waals surface area (Å²) in [6, 6.07) is 4.09. The highest BCUT2D eigenvalue weighted by Gasteiger charge is 2.48. The highest BCUT2D eigenvalue weighted by molar-refractivity contribution is 5.49. The summed E-state index contributed by atoms with van der Waals surface area (Å²) in [5, 5.41) is 10.1. The van der Waals surface area contributed by atoms with Crippen molar-refractivity contribution in [3.63, 3.8) is 0 Å². The normalized spacial score (nSPS) is 36.9. The number of methoxy groups -OCH3 is 1. The summed E-state index contributed by atoms with van der Waals surface area (Å²) in [6.45, 7) is 2.56. The Balaban J connectivity index is 1.71. The van der Waals surface area contributed by atoms with E-state index in [0.29, 0.717) is 22.8 Å². The number of phenols is 1. The van der Waals surface area contributed by atoms with Gasteiger partial charge in [0.1, 0.15) is 0 Å². The van der Waals surface area contributed by atoms with Gasteiger partial charge in [-0.05, 0) is 85.0 Å². The van der Waals surface area contributed by atoms with Gasteiger partial charge in [-0.25, -0.2) is 0 Å². The molecule has 2 nitrogen and oxygen atoms in total. The lowest BCUT2D eigenvalue weighted by atomic mass is 9.51. The van der Waals surface area contributed by atoms with Crippen molar-refractivity contribution in [2.24, 2.45) is 17.3 Å². The van der Waals surface area contributed by atoms with Crippen LogP contribution in [0.15, 0.2) is 12.1 Å². The molecule has 1 aromatic rings. The minimum absolute atomic E-state index is 0.304. The summed E-state index contributed by atoms with van der Waals surface area (Å²) in [4.78, 5) is 0. The Morgan fingerprint density at radius 2 is 2.00 bits per heavy atom. The van der Waals surface area contributed by atoms with Crippen molar-refractivity contribution in [3.8, 4) is 11.5 Å². The molecule has 2 heteroatoms. The Bertz CT molecular complexity index is 579. The van der Waals surface area contributed by atoms with Crippen LogP contribution in [-0.2, 0) is 6.42 Å². The molecule has 3 aliphatic rings. The molecule has 3 aliphatic carbocycles.